The van der Waals surface area contributed by atoms with Gasteiger partial charge in [-0.25, -0.2) is 8.42 Å². The van der Waals surface area contributed by atoms with Gasteiger partial charge < -0.3 is 10.1 Å². The zero-order valence-corrected chi connectivity index (χ0v) is 18.8. The van der Waals surface area contributed by atoms with Crippen LogP contribution in [0.3, 0.4) is 0 Å². The second-order valence-corrected chi connectivity index (χ2v) is 9.05. The normalized spacial score (nSPS) is 11.1. The molecular weight excluding hydrogens is 436 g/mol. The number of sulfonamides is 1. The molecule has 3 aromatic carbocycles. The van der Waals surface area contributed by atoms with E-state index in [1.807, 2.05) is 13.8 Å². The summed E-state index contributed by atoms with van der Waals surface area (Å²) in [6.45, 7) is 3.85. The molecule has 0 saturated heterocycles. The van der Waals surface area contributed by atoms with E-state index in [0.29, 0.717) is 18.0 Å². The van der Waals surface area contributed by atoms with Crippen LogP contribution in [0.1, 0.15) is 12.5 Å². The number of amides is 1. The zero-order chi connectivity index (χ0) is 22.4. The summed E-state index contributed by atoms with van der Waals surface area (Å²) in [6, 6.07) is 19.8. The van der Waals surface area contributed by atoms with E-state index >= 15 is 0 Å². The average Bonchev–Trinajstić information content (AvgIpc) is 2.74. The summed E-state index contributed by atoms with van der Waals surface area (Å²) < 4.78 is 33.1. The lowest BCUT2D eigenvalue weighted by atomic mass is 10.2. The molecule has 8 heteroatoms. The van der Waals surface area contributed by atoms with Gasteiger partial charge in [-0.1, -0.05) is 41.4 Å². The molecule has 162 valence electrons. The first-order valence-corrected chi connectivity index (χ1v) is 11.5. The van der Waals surface area contributed by atoms with E-state index in [4.69, 9.17) is 16.3 Å². The average molecular weight is 459 g/mol. The monoisotopic (exact) mass is 458 g/mol. The number of rotatable bonds is 8. The van der Waals surface area contributed by atoms with E-state index < -0.39 is 22.5 Å². The molecule has 3 aromatic rings. The van der Waals surface area contributed by atoms with Crippen LogP contribution in [0.5, 0.6) is 5.75 Å². The maximum atomic E-state index is 13.4. The highest BCUT2D eigenvalue weighted by atomic mass is 35.5. The molecule has 0 heterocycles. The Morgan fingerprint density at radius 3 is 2.26 bits per heavy atom. The summed E-state index contributed by atoms with van der Waals surface area (Å²) in [6.07, 6.45) is 0. The molecule has 0 saturated carbocycles. The molecule has 31 heavy (non-hydrogen) atoms. The van der Waals surface area contributed by atoms with Crippen LogP contribution >= 0.6 is 11.6 Å². The van der Waals surface area contributed by atoms with Crippen molar-refractivity contribution in [3.8, 4) is 5.75 Å². The molecule has 3 rings (SSSR count). The number of carbonyl (C=O) groups is 1. The third-order valence-electron chi connectivity index (χ3n) is 4.47. The van der Waals surface area contributed by atoms with Crippen LogP contribution in [0.25, 0.3) is 0 Å². The SMILES string of the molecule is CCOc1ccc(NC(=O)CN(c2ccccc2Cl)S(=O)(=O)c2ccc(C)cc2)cc1. The first-order chi connectivity index (χ1) is 14.8. The van der Waals surface area contributed by atoms with Gasteiger partial charge in [-0.3, -0.25) is 9.10 Å². The molecule has 0 unspecified atom stereocenters. The van der Waals surface area contributed by atoms with Crippen molar-refractivity contribution in [2.75, 3.05) is 22.8 Å². The van der Waals surface area contributed by atoms with Crippen molar-refractivity contribution < 1.29 is 17.9 Å². The Hall–Kier alpha value is -3.03. The highest BCUT2D eigenvalue weighted by Gasteiger charge is 2.28. The van der Waals surface area contributed by atoms with Crippen LogP contribution in [0.15, 0.2) is 77.7 Å². The van der Waals surface area contributed by atoms with E-state index in [-0.39, 0.29) is 15.6 Å². The van der Waals surface area contributed by atoms with Gasteiger partial charge in [0.05, 0.1) is 22.2 Å². The molecule has 0 atom stereocenters. The Morgan fingerprint density at radius 1 is 1.00 bits per heavy atom. The highest BCUT2D eigenvalue weighted by Crippen LogP contribution is 2.30. The van der Waals surface area contributed by atoms with Crippen molar-refractivity contribution in [1.29, 1.82) is 0 Å². The minimum absolute atomic E-state index is 0.0758. The minimum atomic E-state index is -4.03. The second kappa shape index (κ2) is 9.85. The molecular formula is C23H23ClN2O4S. The van der Waals surface area contributed by atoms with Gasteiger partial charge in [0, 0.05) is 5.69 Å². The van der Waals surface area contributed by atoms with Crippen LogP contribution < -0.4 is 14.4 Å². The Bertz CT molecular complexity index is 1150. The van der Waals surface area contributed by atoms with Gasteiger partial charge in [-0.2, -0.15) is 0 Å². The van der Waals surface area contributed by atoms with Crippen molar-refractivity contribution >= 4 is 38.9 Å². The van der Waals surface area contributed by atoms with Crippen LogP contribution in [0.4, 0.5) is 11.4 Å². The van der Waals surface area contributed by atoms with Crippen molar-refractivity contribution in [1.82, 2.24) is 0 Å². The van der Waals surface area contributed by atoms with E-state index in [9.17, 15) is 13.2 Å². The fraction of sp³-hybridized carbons (Fsp3) is 0.174. The van der Waals surface area contributed by atoms with Gasteiger partial charge in [-0.15, -0.1) is 0 Å². The predicted molar refractivity (Wildman–Crippen MR) is 123 cm³/mol. The van der Waals surface area contributed by atoms with Gasteiger partial charge in [0.25, 0.3) is 10.0 Å². The lowest BCUT2D eigenvalue weighted by Gasteiger charge is -2.25. The van der Waals surface area contributed by atoms with Gasteiger partial charge in [0.1, 0.15) is 12.3 Å². The topological polar surface area (TPSA) is 75.7 Å². The van der Waals surface area contributed by atoms with E-state index in [2.05, 4.69) is 5.32 Å². The number of anilines is 2. The molecule has 0 fully saturated rings. The lowest BCUT2D eigenvalue weighted by Crippen LogP contribution is -2.38. The zero-order valence-electron chi connectivity index (χ0n) is 17.2. The van der Waals surface area contributed by atoms with Crippen molar-refractivity contribution in [2.24, 2.45) is 0 Å². The summed E-state index contributed by atoms with van der Waals surface area (Å²) in [4.78, 5) is 12.8. The maximum absolute atomic E-state index is 13.4. The molecule has 0 bridgehead atoms. The van der Waals surface area contributed by atoms with E-state index in [1.165, 1.54) is 12.1 Å². The summed E-state index contributed by atoms with van der Waals surface area (Å²) in [7, 11) is -4.03. The van der Waals surface area contributed by atoms with Gasteiger partial charge >= 0.3 is 0 Å². The Kier molecular flexibility index (Phi) is 7.20. The third kappa shape index (κ3) is 5.57. The lowest BCUT2D eigenvalue weighted by molar-refractivity contribution is -0.114. The van der Waals surface area contributed by atoms with Crippen molar-refractivity contribution in [3.63, 3.8) is 0 Å². The number of para-hydroxylation sites is 1. The number of hydrogen-bond acceptors (Lipinski definition) is 4. The van der Waals surface area contributed by atoms with Crippen LogP contribution in [-0.2, 0) is 14.8 Å². The maximum Gasteiger partial charge on any atom is 0.264 e. The number of nitrogens with one attached hydrogen (secondary N) is 1. The van der Waals surface area contributed by atoms with Gasteiger partial charge in [-0.05, 0) is 62.4 Å². The number of aryl methyl sites for hydroxylation is 1. The number of nitrogens with zero attached hydrogens (tertiary/aromatic N) is 1. The number of ether oxygens (including phenoxy) is 1. The Morgan fingerprint density at radius 2 is 1.65 bits per heavy atom. The highest BCUT2D eigenvalue weighted by molar-refractivity contribution is 7.92. The molecule has 0 spiro atoms. The molecule has 0 radical (unpaired) electrons. The van der Waals surface area contributed by atoms with Crippen molar-refractivity contribution in [2.45, 2.75) is 18.7 Å². The Balaban J connectivity index is 1.89. The van der Waals surface area contributed by atoms with Gasteiger partial charge in [0.2, 0.25) is 5.91 Å². The molecule has 6 nitrogen and oxygen atoms in total. The standard InChI is InChI=1S/C23H23ClN2O4S/c1-3-30-19-12-10-18(11-13-19)25-23(27)16-26(22-7-5-4-6-21(22)24)31(28,29)20-14-8-17(2)9-15-20/h4-15H,3,16H2,1-2H3,(H,25,27). The molecule has 0 aromatic heterocycles. The molecule has 1 amide bonds. The fourth-order valence-electron chi connectivity index (χ4n) is 2.92. The number of benzene rings is 3. The predicted octanol–water partition coefficient (Wildman–Crippen LogP) is 4.88. The largest absolute Gasteiger partial charge is 0.494 e. The Labute approximate surface area is 187 Å². The minimum Gasteiger partial charge on any atom is -0.494 e. The summed E-state index contributed by atoms with van der Waals surface area (Å²) in [5, 5.41) is 2.95. The first kappa shape index (κ1) is 22.7. The smallest absolute Gasteiger partial charge is 0.264 e. The molecule has 1 N–H and O–H groups in total. The van der Waals surface area contributed by atoms with E-state index in [1.54, 1.807) is 60.7 Å². The second-order valence-electron chi connectivity index (χ2n) is 6.78. The summed E-state index contributed by atoms with van der Waals surface area (Å²) in [5.41, 5.74) is 1.68. The summed E-state index contributed by atoms with van der Waals surface area (Å²) in [5.74, 6) is 0.180. The van der Waals surface area contributed by atoms with Crippen molar-refractivity contribution in [3.05, 3.63) is 83.4 Å². The molecule has 0 aliphatic rings. The third-order valence-corrected chi connectivity index (χ3v) is 6.56. The summed E-state index contributed by atoms with van der Waals surface area (Å²) >= 11 is 6.28. The van der Waals surface area contributed by atoms with Crippen LogP contribution in [0.2, 0.25) is 5.02 Å². The number of carbonyl (C=O) groups excluding carboxylic acids is 1. The van der Waals surface area contributed by atoms with Crippen LogP contribution in [0, 0.1) is 6.92 Å². The molecule has 0 aliphatic carbocycles. The van der Waals surface area contributed by atoms with E-state index in [0.717, 1.165) is 9.87 Å². The quantitative estimate of drug-likeness (QED) is 0.522. The first-order valence-electron chi connectivity index (χ1n) is 9.68. The molecule has 0 aliphatic heterocycles. The van der Waals surface area contributed by atoms with Gasteiger partial charge in [0.15, 0.2) is 0 Å². The van der Waals surface area contributed by atoms with Crippen LogP contribution in [-0.4, -0.2) is 27.5 Å². The number of halogens is 1. The fourth-order valence-corrected chi connectivity index (χ4v) is 4.65. The number of hydrogen-bond donors (Lipinski definition) is 1.